The van der Waals surface area contributed by atoms with Crippen molar-refractivity contribution in [3.05, 3.63) is 0 Å². The number of hydrogen-bond acceptors (Lipinski definition) is 5. The first-order valence-electron chi connectivity index (χ1n) is 3.05. The van der Waals surface area contributed by atoms with E-state index in [9.17, 15) is 9.59 Å². The van der Waals surface area contributed by atoms with Crippen molar-refractivity contribution in [2.24, 2.45) is 0 Å². The van der Waals surface area contributed by atoms with Gasteiger partial charge in [0.25, 0.3) is 2.86 Å². The second kappa shape index (κ2) is 10.9. The van der Waals surface area contributed by atoms with E-state index in [2.05, 4.69) is 15.5 Å². The molecule has 3 N–H and O–H groups in total. The van der Waals surface area contributed by atoms with Crippen molar-refractivity contribution >= 4 is 71.1 Å². The van der Waals surface area contributed by atoms with E-state index >= 15 is 0 Å². The van der Waals surface area contributed by atoms with Gasteiger partial charge in [-0.05, 0) is 0 Å². The van der Waals surface area contributed by atoms with Crippen LogP contribution in [0.2, 0.25) is 0 Å². The summed E-state index contributed by atoms with van der Waals surface area (Å²) in [4.78, 5) is 20.4. The van der Waals surface area contributed by atoms with E-state index in [0.717, 1.165) is 0 Å². The Balaban J connectivity index is -0.000000500. The first-order valence-corrected chi connectivity index (χ1v) is 2.23. The number of carboxylic acid groups (broad SMARTS) is 2. The van der Waals surface area contributed by atoms with E-state index in [4.69, 9.17) is 2.86 Å². The molecule has 0 heterocycles. The average molecular weight is 181 g/mol. The maximum Gasteiger partial charge on any atom is 0.317 e. The molecule has 54 valence electrons. The predicted octanol–water partition coefficient (Wildman–Crippen LogP) is -2.02. The van der Waals surface area contributed by atoms with Crippen LogP contribution in [0.4, 0.5) is 0 Å². The molecule has 0 unspecified atom stereocenters. The fourth-order valence-electron chi connectivity index (χ4n) is 0.267. The summed E-state index contributed by atoms with van der Waals surface area (Å²) < 4.78 is 12.2. The van der Waals surface area contributed by atoms with Gasteiger partial charge >= 0.3 is 11.9 Å². The molecule has 0 spiro atoms. The SMILES string of the molecule is [2H]OC(=O)CNCC(=O)O[2H].[Na].[Na]. The number of carboxylic acids is 2. The van der Waals surface area contributed by atoms with Crippen molar-refractivity contribution in [1.82, 2.24) is 5.32 Å². The third-order valence-corrected chi connectivity index (χ3v) is 0.539. The van der Waals surface area contributed by atoms with Gasteiger partial charge in [-0.15, -0.1) is 0 Å². The molecule has 0 aromatic rings. The summed E-state index contributed by atoms with van der Waals surface area (Å²) >= 11 is 0. The van der Waals surface area contributed by atoms with Gasteiger partial charge in [0, 0.05) is 59.1 Å². The quantitative estimate of drug-likeness (QED) is 0.436. The Labute approximate surface area is 111 Å². The zero-order valence-corrected chi connectivity index (χ0v) is 10.5. The zero-order chi connectivity index (χ0) is 8.69. The summed E-state index contributed by atoms with van der Waals surface area (Å²) in [6, 6.07) is 0. The second-order valence-electron chi connectivity index (χ2n) is 1.35. The van der Waals surface area contributed by atoms with Gasteiger partial charge in [-0.1, -0.05) is 0 Å². The number of aliphatic carboxylic acids is 2. The first kappa shape index (κ1) is 11.9. The molecule has 0 fully saturated rings. The predicted molar refractivity (Wildman–Crippen MR) is 39.6 cm³/mol. The molecule has 0 atom stereocenters. The smallest absolute Gasteiger partial charge is 0.317 e. The van der Waals surface area contributed by atoms with Crippen LogP contribution in [-0.4, -0.2) is 94.4 Å². The fourth-order valence-corrected chi connectivity index (χ4v) is 0.267. The summed E-state index contributed by atoms with van der Waals surface area (Å²) in [5.41, 5.74) is 0. The van der Waals surface area contributed by atoms with Crippen molar-refractivity contribution < 1.29 is 19.8 Å². The standard InChI is InChI=1S/C4H7NO4.2Na/c6-3(7)1-5-2-4(8)9;;/h5H,1-2H2,(H,6,7)(H,8,9);;/i/hD2. The molecule has 2 radical (unpaired) electrons. The molecule has 0 bridgehead atoms. The van der Waals surface area contributed by atoms with Gasteiger partial charge in [-0.2, -0.15) is 0 Å². The Morgan fingerprint density at radius 2 is 1.55 bits per heavy atom. The van der Waals surface area contributed by atoms with Gasteiger partial charge in [0.1, 0.15) is 0 Å². The van der Waals surface area contributed by atoms with E-state index < -0.39 is 11.9 Å². The van der Waals surface area contributed by atoms with Crippen LogP contribution in [0.15, 0.2) is 0 Å². The molecule has 0 saturated carbocycles. The third kappa shape index (κ3) is 18.1. The summed E-state index contributed by atoms with van der Waals surface area (Å²) in [5, 5.41) is 9.33. The second-order valence-corrected chi connectivity index (χ2v) is 1.35. The Kier molecular flexibility index (Phi) is 11.8. The molecule has 0 rings (SSSR count). The molecular formula is C4H7NNa2O4. The van der Waals surface area contributed by atoms with Crippen molar-refractivity contribution in [3.8, 4) is 0 Å². The van der Waals surface area contributed by atoms with E-state index in [1.807, 2.05) is 0 Å². The molecule has 0 aromatic carbocycles. The summed E-state index contributed by atoms with van der Waals surface area (Å²) in [6.07, 6.45) is 0. The van der Waals surface area contributed by atoms with Crippen molar-refractivity contribution in [1.29, 1.82) is 2.86 Å². The van der Waals surface area contributed by atoms with Crippen LogP contribution in [0.25, 0.3) is 2.86 Å². The van der Waals surface area contributed by atoms with Crippen molar-refractivity contribution in [2.75, 3.05) is 13.1 Å². The monoisotopic (exact) mass is 181 g/mol. The van der Waals surface area contributed by atoms with Gasteiger partial charge in [0.15, 0.2) is 0 Å². The molecule has 5 nitrogen and oxygen atoms in total. The van der Waals surface area contributed by atoms with Crippen LogP contribution in [0.3, 0.4) is 0 Å². The van der Waals surface area contributed by atoms with Gasteiger partial charge in [-0.25, -0.2) is 0 Å². The van der Waals surface area contributed by atoms with Crippen LogP contribution in [0.5, 0.6) is 0 Å². The molecule has 7 heteroatoms. The number of rotatable bonds is 4. The summed E-state index contributed by atoms with van der Waals surface area (Å²) in [5.74, 6) is -1.61. The van der Waals surface area contributed by atoms with Gasteiger partial charge in [0.05, 0.1) is 13.1 Å². The average Bonchev–Trinajstić information content (AvgIpc) is 2.04. The number of carbonyl (C=O) groups is 2. The molecule has 0 aliphatic carbocycles. The Bertz CT molecular complexity index is 143. The van der Waals surface area contributed by atoms with Crippen LogP contribution in [-0.2, 0) is 9.59 Å². The minimum absolute atomic E-state index is 0. The maximum absolute atomic E-state index is 10.2. The van der Waals surface area contributed by atoms with E-state index in [1.165, 1.54) is 0 Å². The normalized spacial score (nSPS) is 9.09. The van der Waals surface area contributed by atoms with Crippen LogP contribution in [0, 0.1) is 0 Å². The van der Waals surface area contributed by atoms with Crippen molar-refractivity contribution in [2.45, 2.75) is 0 Å². The fraction of sp³-hybridized carbons (Fsp3) is 0.500. The zero-order valence-electron chi connectivity index (χ0n) is 8.55. The van der Waals surface area contributed by atoms with Crippen LogP contribution < -0.4 is 5.32 Å². The van der Waals surface area contributed by atoms with Gasteiger partial charge in [-0.3, -0.25) is 14.9 Å². The molecule has 0 saturated heterocycles. The Morgan fingerprint density at radius 3 is 1.82 bits per heavy atom. The number of hydrogen-bond donors (Lipinski definition) is 3. The third-order valence-electron chi connectivity index (χ3n) is 0.539. The largest absolute Gasteiger partial charge is 0.480 e. The molecular weight excluding hydrogens is 172 g/mol. The van der Waals surface area contributed by atoms with Crippen molar-refractivity contribution in [3.63, 3.8) is 0 Å². The van der Waals surface area contributed by atoms with E-state index in [1.54, 1.807) is 0 Å². The Hall–Kier alpha value is 0.900. The Morgan fingerprint density at radius 1 is 1.18 bits per heavy atom. The summed E-state index contributed by atoms with van der Waals surface area (Å²) in [7, 11) is 0. The molecule has 11 heavy (non-hydrogen) atoms. The number of nitrogens with one attached hydrogen (secondary N) is 1. The van der Waals surface area contributed by atoms with E-state index in [0.29, 0.717) is 0 Å². The minimum Gasteiger partial charge on any atom is -0.480 e. The summed E-state index contributed by atoms with van der Waals surface area (Å²) in [6.45, 7) is -0.503. The van der Waals surface area contributed by atoms with Gasteiger partial charge < -0.3 is 10.2 Å². The van der Waals surface area contributed by atoms with Crippen LogP contribution >= 0.6 is 0 Å². The van der Waals surface area contributed by atoms with E-state index in [-0.39, 0.29) is 72.2 Å². The first-order chi connectivity index (χ1) is 5.20. The molecule has 0 aromatic heterocycles. The maximum atomic E-state index is 10.2. The van der Waals surface area contributed by atoms with Gasteiger partial charge in [0.2, 0.25) is 0 Å². The topological polar surface area (TPSA) is 86.6 Å². The molecule has 0 aliphatic heterocycles. The molecule has 0 aliphatic rings. The molecule has 0 amide bonds. The minimum atomic E-state index is -0.803. The van der Waals surface area contributed by atoms with Crippen LogP contribution in [0.1, 0.15) is 0 Å².